The number of hydrogen-bond donors (Lipinski definition) is 0. The Morgan fingerprint density at radius 3 is 1.47 bits per heavy atom. The summed E-state index contributed by atoms with van der Waals surface area (Å²) in [6, 6.07) is 58.1. The summed E-state index contributed by atoms with van der Waals surface area (Å²) in [5, 5.41) is 15.6. The van der Waals surface area contributed by atoms with Gasteiger partial charge in [0.15, 0.2) is 0 Å². The van der Waals surface area contributed by atoms with E-state index in [4.69, 9.17) is 6.58 Å². The van der Waals surface area contributed by atoms with E-state index < -0.39 is 0 Å². The molecular formula is C57H45N. The predicted octanol–water partition coefficient (Wildman–Crippen LogP) is 16.0. The van der Waals surface area contributed by atoms with Gasteiger partial charge in [0.1, 0.15) is 0 Å². The molecule has 1 nitrogen and oxygen atoms in total. The van der Waals surface area contributed by atoms with E-state index in [9.17, 15) is 0 Å². The monoisotopic (exact) mass is 743 g/mol. The van der Waals surface area contributed by atoms with E-state index in [0.717, 1.165) is 23.3 Å². The molecule has 0 aliphatic heterocycles. The van der Waals surface area contributed by atoms with Crippen LogP contribution in [0.2, 0.25) is 0 Å². The van der Waals surface area contributed by atoms with Gasteiger partial charge >= 0.3 is 0 Å². The smallest absolute Gasteiger partial charge is 0.0474 e. The third-order valence-electron chi connectivity index (χ3n) is 14.0. The van der Waals surface area contributed by atoms with Crippen LogP contribution < -0.4 is 4.90 Å². The van der Waals surface area contributed by atoms with E-state index in [1.807, 2.05) is 0 Å². The van der Waals surface area contributed by atoms with Crippen LogP contribution >= 0.6 is 0 Å². The number of allylic oxidation sites excluding steroid dienone is 3. The fraction of sp³-hybridized carbons (Fsp3) is 0.123. The number of para-hydroxylation sites is 1. The fourth-order valence-corrected chi connectivity index (χ4v) is 10.6. The Bertz CT molecular complexity index is 3150. The predicted molar refractivity (Wildman–Crippen MR) is 252 cm³/mol. The summed E-state index contributed by atoms with van der Waals surface area (Å²) in [6.07, 6.45) is 6.67. The summed E-state index contributed by atoms with van der Waals surface area (Å²) in [6.45, 7) is 16.5. The fourth-order valence-electron chi connectivity index (χ4n) is 10.6. The van der Waals surface area contributed by atoms with Crippen molar-refractivity contribution in [1.29, 1.82) is 0 Å². The van der Waals surface area contributed by atoms with Gasteiger partial charge in [-0.2, -0.15) is 0 Å². The minimum atomic E-state index is -0.0376. The number of rotatable bonds is 8. The minimum Gasteiger partial charge on any atom is -0.336 e. The lowest BCUT2D eigenvalue weighted by Crippen LogP contribution is -2.62. The van der Waals surface area contributed by atoms with Gasteiger partial charge in [-0.15, -0.1) is 0 Å². The Hall–Kier alpha value is -6.70. The van der Waals surface area contributed by atoms with Crippen molar-refractivity contribution in [2.24, 2.45) is 5.41 Å². The highest BCUT2D eigenvalue weighted by Gasteiger charge is 2.53. The first-order valence-electron chi connectivity index (χ1n) is 20.6. The SMILES string of the molecule is C=C(/C=C\C(=C)N(c1ccccc1)C1(C)CCC1(C)C)c1ccc2c3c(-c4ccccc4)c4c5cccc6cccc(c4c(-c4ccccc4)c3c3cccc1c32)c65. The summed E-state index contributed by atoms with van der Waals surface area (Å²) in [4.78, 5) is 2.46. The molecule has 1 heteroatoms. The second-order valence-electron chi connectivity index (χ2n) is 17.3. The van der Waals surface area contributed by atoms with Crippen molar-refractivity contribution in [2.45, 2.75) is 39.2 Å². The molecule has 0 spiro atoms. The number of fused-ring (bicyclic) bond motifs is 6. The summed E-state index contributed by atoms with van der Waals surface area (Å²) in [7, 11) is 0. The number of hydrogen-bond acceptors (Lipinski definition) is 1. The molecule has 0 aromatic heterocycles. The quantitative estimate of drug-likeness (QED) is 0.140. The molecule has 0 N–H and O–H groups in total. The van der Waals surface area contributed by atoms with Gasteiger partial charge in [0.25, 0.3) is 0 Å². The second-order valence-corrected chi connectivity index (χ2v) is 17.3. The molecule has 278 valence electrons. The molecule has 0 radical (unpaired) electrons. The molecule has 1 unspecified atom stereocenters. The highest BCUT2D eigenvalue weighted by Crippen LogP contribution is 2.57. The molecule has 1 saturated carbocycles. The maximum Gasteiger partial charge on any atom is 0.0474 e. The minimum absolute atomic E-state index is 0.0376. The van der Waals surface area contributed by atoms with Crippen LogP contribution in [0, 0.1) is 5.41 Å². The van der Waals surface area contributed by atoms with E-state index in [1.54, 1.807) is 0 Å². The van der Waals surface area contributed by atoms with Crippen molar-refractivity contribution in [3.63, 3.8) is 0 Å². The van der Waals surface area contributed by atoms with Gasteiger partial charge in [-0.3, -0.25) is 0 Å². The number of nitrogens with zero attached hydrogens (tertiary/aromatic N) is 1. The van der Waals surface area contributed by atoms with Crippen LogP contribution in [-0.2, 0) is 0 Å². The number of anilines is 1. The first kappa shape index (κ1) is 34.5. The summed E-state index contributed by atoms with van der Waals surface area (Å²) in [5.74, 6) is 0. The van der Waals surface area contributed by atoms with E-state index in [2.05, 4.69) is 202 Å². The van der Waals surface area contributed by atoms with Crippen molar-refractivity contribution in [3.8, 4) is 22.3 Å². The third kappa shape index (κ3) is 4.77. The molecule has 1 aliphatic carbocycles. The summed E-state index contributed by atoms with van der Waals surface area (Å²) >= 11 is 0. The van der Waals surface area contributed by atoms with E-state index in [0.29, 0.717) is 0 Å². The molecule has 10 aromatic rings. The normalized spacial score (nSPS) is 16.7. The molecule has 1 atom stereocenters. The van der Waals surface area contributed by atoms with Crippen LogP contribution in [0.5, 0.6) is 0 Å². The van der Waals surface area contributed by atoms with Gasteiger partial charge in [0.2, 0.25) is 0 Å². The molecular weight excluding hydrogens is 699 g/mol. The average Bonchev–Trinajstić information content (AvgIpc) is 3.77. The summed E-state index contributed by atoms with van der Waals surface area (Å²) < 4.78 is 0. The standard InChI is InChI=1S/C57H45N/c1-36(30-31-37(2)58(41-24-13-8-14-25-41)57(5)35-34-56(57,3)4)42-32-33-47-51-43(42)26-17-29-46(51)54-49(39-18-9-6-10-19-39)52-44-27-15-22-38-23-16-28-45(48(38)44)53(52)50(55(47)54)40-20-11-7-12-21-40/h6-33H,1-2,34-35H2,3-5H3/b31-30-. The number of benzene rings is 8. The van der Waals surface area contributed by atoms with Gasteiger partial charge in [0.05, 0.1) is 0 Å². The zero-order valence-corrected chi connectivity index (χ0v) is 33.4. The van der Waals surface area contributed by atoms with Crippen LogP contribution in [0.25, 0.3) is 92.5 Å². The molecule has 58 heavy (non-hydrogen) atoms. The van der Waals surface area contributed by atoms with Gasteiger partial charge in [-0.05, 0) is 141 Å². The topological polar surface area (TPSA) is 3.24 Å². The van der Waals surface area contributed by atoms with Crippen LogP contribution in [0.4, 0.5) is 5.69 Å². The van der Waals surface area contributed by atoms with Crippen LogP contribution in [0.1, 0.15) is 39.2 Å². The largest absolute Gasteiger partial charge is 0.336 e. The molecule has 0 bridgehead atoms. The first-order chi connectivity index (χ1) is 28.3. The first-order valence-corrected chi connectivity index (χ1v) is 20.6. The van der Waals surface area contributed by atoms with Gasteiger partial charge in [-0.1, -0.05) is 179 Å². The van der Waals surface area contributed by atoms with Crippen molar-refractivity contribution in [3.05, 3.63) is 194 Å². The maximum absolute atomic E-state index is 4.71. The average molecular weight is 744 g/mol. The van der Waals surface area contributed by atoms with Crippen molar-refractivity contribution in [2.75, 3.05) is 4.90 Å². The molecule has 0 saturated heterocycles. The van der Waals surface area contributed by atoms with E-state index in [1.165, 1.54) is 99.0 Å². The van der Waals surface area contributed by atoms with E-state index in [-0.39, 0.29) is 11.0 Å². The molecule has 11 rings (SSSR count). The molecule has 1 fully saturated rings. The molecule has 1 aliphatic rings. The van der Waals surface area contributed by atoms with Crippen LogP contribution in [0.3, 0.4) is 0 Å². The Labute approximate surface area is 340 Å². The molecule has 10 aromatic carbocycles. The van der Waals surface area contributed by atoms with E-state index >= 15 is 0 Å². The van der Waals surface area contributed by atoms with Crippen molar-refractivity contribution >= 4 is 75.9 Å². The van der Waals surface area contributed by atoms with Crippen LogP contribution in [0.15, 0.2) is 189 Å². The Morgan fingerprint density at radius 2 is 0.948 bits per heavy atom. The third-order valence-corrected chi connectivity index (χ3v) is 14.0. The molecule has 0 heterocycles. The van der Waals surface area contributed by atoms with Crippen LogP contribution in [-0.4, -0.2) is 5.54 Å². The zero-order chi connectivity index (χ0) is 39.3. The summed E-state index contributed by atoms with van der Waals surface area (Å²) in [5.41, 5.74) is 9.49. The lowest BCUT2D eigenvalue weighted by Gasteiger charge is -2.60. The van der Waals surface area contributed by atoms with Gasteiger partial charge in [0, 0.05) is 16.9 Å². The Kier molecular flexibility index (Phi) is 7.53. The Morgan fingerprint density at radius 1 is 0.466 bits per heavy atom. The maximum atomic E-state index is 4.71. The second kappa shape index (κ2) is 12.7. The highest BCUT2D eigenvalue weighted by molar-refractivity contribution is 6.46. The van der Waals surface area contributed by atoms with Gasteiger partial charge < -0.3 is 4.90 Å². The highest BCUT2D eigenvalue weighted by atomic mass is 15.2. The Balaban J connectivity index is 1.17. The lowest BCUT2D eigenvalue weighted by molar-refractivity contribution is 0.0485. The zero-order valence-electron chi connectivity index (χ0n) is 33.4. The van der Waals surface area contributed by atoms with Crippen molar-refractivity contribution in [1.82, 2.24) is 0 Å². The van der Waals surface area contributed by atoms with Gasteiger partial charge in [-0.25, -0.2) is 0 Å². The molecule has 0 amide bonds. The lowest BCUT2D eigenvalue weighted by atomic mass is 9.56. The van der Waals surface area contributed by atoms with Crippen molar-refractivity contribution < 1.29 is 0 Å².